The summed E-state index contributed by atoms with van der Waals surface area (Å²) in [6.45, 7) is 9.89. The van der Waals surface area contributed by atoms with Crippen molar-refractivity contribution in [1.82, 2.24) is 5.32 Å². The molecule has 0 bridgehead atoms. The zero-order chi connectivity index (χ0) is 15.2. The Hall–Kier alpha value is -0.650. The first-order chi connectivity index (χ1) is 9.33. The van der Waals surface area contributed by atoms with Crippen molar-refractivity contribution in [1.29, 1.82) is 0 Å². The standard InChI is InChI=1S/C15H29NO4/c1-11(2)16-15(4,14(17)18)9-12(3)20-10-13-5-7-19-8-6-13/h11-13,16H,5-10H2,1-4H3,(H,17,18). The Morgan fingerprint density at radius 2 is 2.00 bits per heavy atom. The first kappa shape index (κ1) is 17.4. The summed E-state index contributed by atoms with van der Waals surface area (Å²) in [5, 5.41) is 12.5. The number of carbonyl (C=O) groups is 1. The molecular weight excluding hydrogens is 258 g/mol. The first-order valence-electron chi connectivity index (χ1n) is 7.54. The summed E-state index contributed by atoms with van der Waals surface area (Å²) in [6.07, 6.45) is 2.45. The van der Waals surface area contributed by atoms with Crippen molar-refractivity contribution in [3.63, 3.8) is 0 Å². The minimum Gasteiger partial charge on any atom is -0.480 e. The van der Waals surface area contributed by atoms with Gasteiger partial charge in [-0.15, -0.1) is 0 Å². The third-order valence-corrected chi connectivity index (χ3v) is 3.73. The number of nitrogens with one attached hydrogen (secondary N) is 1. The van der Waals surface area contributed by atoms with Crippen molar-refractivity contribution in [2.75, 3.05) is 19.8 Å². The SMILES string of the molecule is CC(C)NC(C)(CC(C)OCC1CCOCC1)C(=O)O. The van der Waals surface area contributed by atoms with E-state index in [1.54, 1.807) is 6.92 Å². The predicted molar refractivity (Wildman–Crippen MR) is 77.9 cm³/mol. The summed E-state index contributed by atoms with van der Waals surface area (Å²) < 4.78 is 11.2. The van der Waals surface area contributed by atoms with Gasteiger partial charge in [0.1, 0.15) is 5.54 Å². The monoisotopic (exact) mass is 287 g/mol. The van der Waals surface area contributed by atoms with Gasteiger partial charge in [0, 0.05) is 32.3 Å². The zero-order valence-electron chi connectivity index (χ0n) is 13.1. The first-order valence-corrected chi connectivity index (χ1v) is 7.54. The molecule has 1 fully saturated rings. The van der Waals surface area contributed by atoms with Crippen LogP contribution in [0.5, 0.6) is 0 Å². The molecule has 5 heteroatoms. The fourth-order valence-electron chi connectivity index (χ4n) is 2.69. The van der Waals surface area contributed by atoms with Crippen LogP contribution in [-0.2, 0) is 14.3 Å². The third kappa shape index (κ3) is 5.77. The average molecular weight is 287 g/mol. The maximum atomic E-state index is 11.5. The fourth-order valence-corrected chi connectivity index (χ4v) is 2.69. The van der Waals surface area contributed by atoms with Gasteiger partial charge in [-0.2, -0.15) is 0 Å². The Morgan fingerprint density at radius 1 is 1.40 bits per heavy atom. The summed E-state index contributed by atoms with van der Waals surface area (Å²) in [4.78, 5) is 11.5. The fraction of sp³-hybridized carbons (Fsp3) is 0.933. The molecule has 1 aliphatic rings. The molecule has 0 amide bonds. The Bertz CT molecular complexity index is 302. The van der Waals surface area contributed by atoms with Crippen LogP contribution in [0.3, 0.4) is 0 Å². The van der Waals surface area contributed by atoms with Crippen molar-refractivity contribution in [3.05, 3.63) is 0 Å². The average Bonchev–Trinajstić information content (AvgIpc) is 2.36. The van der Waals surface area contributed by atoms with Gasteiger partial charge in [-0.05, 0) is 46.5 Å². The van der Waals surface area contributed by atoms with Crippen molar-refractivity contribution in [2.24, 2.45) is 5.92 Å². The molecule has 0 aromatic rings. The molecule has 2 N–H and O–H groups in total. The summed E-state index contributed by atoms with van der Waals surface area (Å²) in [5.74, 6) is -0.284. The quantitative estimate of drug-likeness (QED) is 0.715. The van der Waals surface area contributed by atoms with E-state index in [0.717, 1.165) is 26.1 Å². The van der Waals surface area contributed by atoms with Gasteiger partial charge in [-0.3, -0.25) is 10.1 Å². The van der Waals surface area contributed by atoms with Gasteiger partial charge in [-0.1, -0.05) is 0 Å². The van der Waals surface area contributed by atoms with E-state index in [2.05, 4.69) is 5.32 Å². The van der Waals surface area contributed by atoms with Crippen LogP contribution in [0.2, 0.25) is 0 Å². The van der Waals surface area contributed by atoms with E-state index < -0.39 is 11.5 Å². The maximum absolute atomic E-state index is 11.5. The summed E-state index contributed by atoms with van der Waals surface area (Å²) in [6, 6.07) is 0.124. The number of aliphatic carboxylic acids is 1. The second-order valence-corrected chi connectivity index (χ2v) is 6.34. The van der Waals surface area contributed by atoms with E-state index in [1.165, 1.54) is 0 Å². The van der Waals surface area contributed by atoms with Gasteiger partial charge in [0.05, 0.1) is 6.10 Å². The van der Waals surface area contributed by atoms with E-state index in [9.17, 15) is 9.90 Å². The van der Waals surface area contributed by atoms with Gasteiger partial charge in [-0.25, -0.2) is 0 Å². The molecule has 5 nitrogen and oxygen atoms in total. The largest absolute Gasteiger partial charge is 0.480 e. The molecule has 2 atom stereocenters. The highest BCUT2D eigenvalue weighted by atomic mass is 16.5. The van der Waals surface area contributed by atoms with Gasteiger partial charge < -0.3 is 14.6 Å². The number of hydrogen-bond donors (Lipinski definition) is 2. The topological polar surface area (TPSA) is 67.8 Å². The molecule has 0 spiro atoms. The van der Waals surface area contributed by atoms with E-state index in [-0.39, 0.29) is 12.1 Å². The molecular formula is C15H29NO4. The Morgan fingerprint density at radius 3 is 2.50 bits per heavy atom. The molecule has 1 heterocycles. The molecule has 0 saturated carbocycles. The van der Waals surface area contributed by atoms with Gasteiger partial charge >= 0.3 is 5.97 Å². The zero-order valence-corrected chi connectivity index (χ0v) is 13.1. The van der Waals surface area contributed by atoms with Crippen LogP contribution in [0.25, 0.3) is 0 Å². The molecule has 0 aromatic heterocycles. The number of rotatable bonds is 8. The molecule has 0 radical (unpaired) electrons. The van der Waals surface area contributed by atoms with E-state index >= 15 is 0 Å². The molecule has 0 aliphatic carbocycles. The number of carboxylic acids is 1. The van der Waals surface area contributed by atoms with Crippen LogP contribution < -0.4 is 5.32 Å². The summed E-state index contributed by atoms with van der Waals surface area (Å²) in [7, 11) is 0. The third-order valence-electron chi connectivity index (χ3n) is 3.73. The molecule has 2 unspecified atom stereocenters. The molecule has 20 heavy (non-hydrogen) atoms. The summed E-state index contributed by atoms with van der Waals surface area (Å²) >= 11 is 0. The Kier molecular flexibility index (Phi) is 6.92. The van der Waals surface area contributed by atoms with Crippen molar-refractivity contribution in [3.8, 4) is 0 Å². The van der Waals surface area contributed by atoms with Crippen LogP contribution >= 0.6 is 0 Å². The lowest BCUT2D eigenvalue weighted by Gasteiger charge is -2.32. The molecule has 118 valence electrons. The van der Waals surface area contributed by atoms with E-state index in [1.807, 2.05) is 20.8 Å². The lowest BCUT2D eigenvalue weighted by molar-refractivity contribution is -0.146. The van der Waals surface area contributed by atoms with Crippen LogP contribution in [0.4, 0.5) is 0 Å². The smallest absolute Gasteiger partial charge is 0.323 e. The molecule has 1 aliphatic heterocycles. The highest BCUT2D eigenvalue weighted by Gasteiger charge is 2.35. The highest BCUT2D eigenvalue weighted by molar-refractivity contribution is 5.78. The van der Waals surface area contributed by atoms with Crippen LogP contribution in [-0.4, -0.2) is 48.6 Å². The Labute approximate surface area is 122 Å². The minimum absolute atomic E-state index is 0.0785. The van der Waals surface area contributed by atoms with Gasteiger partial charge in [0.25, 0.3) is 0 Å². The molecule has 1 saturated heterocycles. The van der Waals surface area contributed by atoms with Gasteiger partial charge in [0.15, 0.2) is 0 Å². The highest BCUT2D eigenvalue weighted by Crippen LogP contribution is 2.19. The maximum Gasteiger partial charge on any atom is 0.323 e. The number of carboxylic acid groups (broad SMARTS) is 1. The normalized spacial score (nSPS) is 21.6. The van der Waals surface area contributed by atoms with Crippen molar-refractivity contribution >= 4 is 5.97 Å². The van der Waals surface area contributed by atoms with E-state index in [0.29, 0.717) is 18.9 Å². The lowest BCUT2D eigenvalue weighted by atomic mass is 9.93. The van der Waals surface area contributed by atoms with Crippen molar-refractivity contribution in [2.45, 2.75) is 64.6 Å². The van der Waals surface area contributed by atoms with Gasteiger partial charge in [0.2, 0.25) is 0 Å². The lowest BCUT2D eigenvalue weighted by Crippen LogP contribution is -2.54. The van der Waals surface area contributed by atoms with Crippen LogP contribution in [0.15, 0.2) is 0 Å². The molecule has 1 rings (SSSR count). The Balaban J connectivity index is 2.40. The van der Waals surface area contributed by atoms with Crippen LogP contribution in [0.1, 0.15) is 47.0 Å². The molecule has 0 aromatic carbocycles. The minimum atomic E-state index is -0.941. The number of ether oxygens (including phenoxy) is 2. The van der Waals surface area contributed by atoms with Crippen LogP contribution in [0, 0.1) is 5.92 Å². The number of hydrogen-bond acceptors (Lipinski definition) is 4. The second-order valence-electron chi connectivity index (χ2n) is 6.34. The van der Waals surface area contributed by atoms with Crippen molar-refractivity contribution < 1.29 is 19.4 Å². The predicted octanol–water partition coefficient (Wildman–Crippen LogP) is 2.05. The second kappa shape index (κ2) is 7.96. The summed E-state index contributed by atoms with van der Waals surface area (Å²) in [5.41, 5.74) is -0.941. The van der Waals surface area contributed by atoms with E-state index in [4.69, 9.17) is 9.47 Å².